The molecule has 3 heterocycles. The smallest absolute Gasteiger partial charge is 0.250 e. The fourth-order valence-corrected chi connectivity index (χ4v) is 9.19. The number of carbonyl (C=O) groups excluding carboxylic acids is 2. The van der Waals surface area contributed by atoms with E-state index in [1.165, 1.54) is 0 Å². The summed E-state index contributed by atoms with van der Waals surface area (Å²) in [4.78, 5) is 32.7. The topological polar surface area (TPSA) is 40.6 Å². The van der Waals surface area contributed by atoms with E-state index in [1.807, 2.05) is 83.8 Å². The Morgan fingerprint density at radius 2 is 1.24 bits per heavy atom. The highest BCUT2D eigenvalue weighted by Gasteiger charge is 2.72. The zero-order chi connectivity index (χ0) is 23.3. The first-order chi connectivity index (χ1) is 16.6. The fraction of sp³-hybridized carbons (Fsp3) is 0.214. The largest absolute Gasteiger partial charge is 0.307 e. The van der Waals surface area contributed by atoms with Gasteiger partial charge in [-0.2, -0.15) is 0 Å². The van der Waals surface area contributed by atoms with Gasteiger partial charge in [0, 0.05) is 40.6 Å². The molecule has 3 aromatic rings. The zero-order valence-electron chi connectivity index (χ0n) is 18.6. The Kier molecular flexibility index (Phi) is 5.12. The Balaban J connectivity index is 1.59. The minimum atomic E-state index is -1.02. The molecule has 0 saturated carbocycles. The second kappa shape index (κ2) is 8.07. The molecule has 6 rings (SSSR count). The van der Waals surface area contributed by atoms with Crippen molar-refractivity contribution in [3.63, 3.8) is 0 Å². The zero-order valence-corrected chi connectivity index (χ0v) is 20.3. The number of hydrogen-bond donors (Lipinski definition) is 0. The predicted octanol–water partition coefficient (Wildman–Crippen LogP) is 5.34. The Morgan fingerprint density at radius 1 is 0.735 bits per heavy atom. The molecule has 0 radical (unpaired) electrons. The molecule has 1 fully saturated rings. The number of benzene rings is 3. The maximum atomic E-state index is 14.6. The number of carbonyl (C=O) groups is 2. The number of nitrogens with zero attached hydrogens (tertiary/aromatic N) is 2. The van der Waals surface area contributed by atoms with Crippen molar-refractivity contribution >= 4 is 46.7 Å². The molecule has 0 aromatic heterocycles. The lowest BCUT2D eigenvalue weighted by Gasteiger charge is -2.46. The molecule has 34 heavy (non-hydrogen) atoms. The Morgan fingerprint density at radius 3 is 1.82 bits per heavy atom. The summed E-state index contributed by atoms with van der Waals surface area (Å²) >= 11 is 3.27. The third-order valence-corrected chi connectivity index (χ3v) is 10.4. The molecular formula is C28H24N2O2S2. The molecule has 0 N–H and O–H groups in total. The highest BCUT2D eigenvalue weighted by atomic mass is 32.2. The maximum Gasteiger partial charge on any atom is 0.250 e. The molecule has 2 atom stereocenters. The van der Waals surface area contributed by atoms with Gasteiger partial charge >= 0.3 is 0 Å². The van der Waals surface area contributed by atoms with Crippen molar-refractivity contribution < 1.29 is 9.59 Å². The van der Waals surface area contributed by atoms with E-state index in [9.17, 15) is 9.59 Å². The summed E-state index contributed by atoms with van der Waals surface area (Å²) < 4.78 is -2.04. The molecule has 1 saturated heterocycles. The fourth-order valence-electron chi connectivity index (χ4n) is 5.63. The number of fused-ring (bicyclic) bond motifs is 5. The quantitative estimate of drug-likeness (QED) is 0.469. The van der Waals surface area contributed by atoms with Crippen LogP contribution in [-0.2, 0) is 25.6 Å². The number of amides is 2. The standard InChI is InChI=1S/C28H24N2O2S2/c1-2-16-29-23-14-8-6-12-21(23)27(25(29)31)28(34-18-17-33-27)22-13-7-9-15-24(22)30(26(28)32)19-20-10-4-3-5-11-20/h2-15H,1,16-19H2/t27-,28-/m1/s1. The van der Waals surface area contributed by atoms with Crippen molar-refractivity contribution in [3.05, 3.63) is 108 Å². The van der Waals surface area contributed by atoms with Gasteiger partial charge in [0.15, 0.2) is 0 Å². The molecule has 2 spiro atoms. The molecule has 2 amide bonds. The van der Waals surface area contributed by atoms with Crippen molar-refractivity contribution in [2.75, 3.05) is 27.9 Å². The average molecular weight is 485 g/mol. The van der Waals surface area contributed by atoms with Crippen LogP contribution in [0.1, 0.15) is 16.7 Å². The van der Waals surface area contributed by atoms with Crippen LogP contribution in [0.3, 0.4) is 0 Å². The second-order valence-corrected chi connectivity index (χ2v) is 11.3. The molecule has 0 aliphatic carbocycles. The van der Waals surface area contributed by atoms with Crippen LogP contribution in [-0.4, -0.2) is 29.9 Å². The van der Waals surface area contributed by atoms with Crippen LogP contribution in [0.25, 0.3) is 0 Å². The van der Waals surface area contributed by atoms with Gasteiger partial charge in [-0.15, -0.1) is 30.1 Å². The predicted molar refractivity (Wildman–Crippen MR) is 141 cm³/mol. The van der Waals surface area contributed by atoms with Crippen molar-refractivity contribution in [1.29, 1.82) is 0 Å². The lowest BCUT2D eigenvalue weighted by atomic mass is 9.80. The maximum absolute atomic E-state index is 14.6. The van der Waals surface area contributed by atoms with Gasteiger partial charge in [0.2, 0.25) is 5.91 Å². The molecule has 3 aromatic carbocycles. The summed E-state index contributed by atoms with van der Waals surface area (Å²) in [7, 11) is 0. The summed E-state index contributed by atoms with van der Waals surface area (Å²) in [5.41, 5.74) is 4.73. The summed E-state index contributed by atoms with van der Waals surface area (Å²) in [6.07, 6.45) is 1.76. The van der Waals surface area contributed by atoms with Crippen LogP contribution in [0.4, 0.5) is 11.4 Å². The van der Waals surface area contributed by atoms with E-state index >= 15 is 0 Å². The molecule has 3 aliphatic rings. The molecule has 170 valence electrons. The third kappa shape index (κ3) is 2.70. The molecule has 3 aliphatic heterocycles. The molecule has 0 bridgehead atoms. The van der Waals surface area contributed by atoms with Gasteiger partial charge in [0.05, 0.1) is 6.54 Å². The first-order valence-electron chi connectivity index (χ1n) is 11.4. The SMILES string of the molecule is C=CCN1C(=O)[C@]2(SCCS[C@]23C(=O)N(Cc2ccccc2)c2ccccc23)c2ccccc21. The van der Waals surface area contributed by atoms with Gasteiger partial charge in [-0.25, -0.2) is 0 Å². The van der Waals surface area contributed by atoms with Gasteiger partial charge in [0.25, 0.3) is 5.91 Å². The van der Waals surface area contributed by atoms with Crippen molar-refractivity contribution in [1.82, 2.24) is 0 Å². The summed E-state index contributed by atoms with van der Waals surface area (Å²) in [6, 6.07) is 26.0. The minimum Gasteiger partial charge on any atom is -0.307 e. The van der Waals surface area contributed by atoms with Crippen molar-refractivity contribution in [3.8, 4) is 0 Å². The van der Waals surface area contributed by atoms with E-state index in [4.69, 9.17) is 0 Å². The lowest BCUT2D eigenvalue weighted by Crippen LogP contribution is -2.58. The van der Waals surface area contributed by atoms with Gasteiger partial charge in [-0.1, -0.05) is 72.8 Å². The van der Waals surface area contributed by atoms with E-state index in [0.29, 0.717) is 13.1 Å². The monoisotopic (exact) mass is 484 g/mol. The highest BCUT2D eigenvalue weighted by Crippen LogP contribution is 2.69. The highest BCUT2D eigenvalue weighted by molar-refractivity contribution is 8.08. The number of thioether (sulfide) groups is 2. The number of para-hydroxylation sites is 2. The minimum absolute atomic E-state index is 0.00152. The van der Waals surface area contributed by atoms with Crippen LogP contribution in [0, 0.1) is 0 Å². The van der Waals surface area contributed by atoms with Crippen LogP contribution in [0.2, 0.25) is 0 Å². The normalized spacial score (nSPS) is 25.2. The third-order valence-electron chi connectivity index (χ3n) is 6.95. The van der Waals surface area contributed by atoms with Crippen LogP contribution >= 0.6 is 23.5 Å². The van der Waals surface area contributed by atoms with Crippen molar-refractivity contribution in [2.24, 2.45) is 0 Å². The van der Waals surface area contributed by atoms with E-state index in [2.05, 4.69) is 6.58 Å². The summed E-state index contributed by atoms with van der Waals surface area (Å²) in [5.74, 6) is 1.60. The molecule has 4 nitrogen and oxygen atoms in total. The lowest BCUT2D eigenvalue weighted by molar-refractivity contribution is -0.127. The van der Waals surface area contributed by atoms with Gasteiger partial charge in [-0.3, -0.25) is 9.59 Å². The molecule has 0 unspecified atom stereocenters. The average Bonchev–Trinajstić information content (AvgIpc) is 3.25. The Bertz CT molecular complexity index is 1310. The first kappa shape index (κ1) is 21.6. The van der Waals surface area contributed by atoms with Crippen LogP contribution in [0.5, 0.6) is 0 Å². The van der Waals surface area contributed by atoms with Gasteiger partial charge in [-0.05, 0) is 17.7 Å². The van der Waals surface area contributed by atoms with E-state index in [-0.39, 0.29) is 11.8 Å². The summed E-state index contributed by atoms with van der Waals surface area (Å²) in [6.45, 7) is 4.78. The Hall–Kier alpha value is -2.96. The summed E-state index contributed by atoms with van der Waals surface area (Å²) in [5, 5.41) is 0. The van der Waals surface area contributed by atoms with Crippen LogP contribution in [0.15, 0.2) is 91.5 Å². The Labute approximate surface area is 208 Å². The van der Waals surface area contributed by atoms with E-state index in [1.54, 1.807) is 34.5 Å². The van der Waals surface area contributed by atoms with Gasteiger partial charge < -0.3 is 9.80 Å². The van der Waals surface area contributed by atoms with E-state index < -0.39 is 9.49 Å². The first-order valence-corrected chi connectivity index (χ1v) is 13.4. The van der Waals surface area contributed by atoms with Crippen molar-refractivity contribution in [2.45, 2.75) is 16.0 Å². The van der Waals surface area contributed by atoms with Crippen LogP contribution < -0.4 is 9.80 Å². The van der Waals surface area contributed by atoms with Gasteiger partial charge in [0.1, 0.15) is 9.49 Å². The number of rotatable bonds is 4. The second-order valence-electron chi connectivity index (χ2n) is 8.67. The number of hydrogen-bond acceptors (Lipinski definition) is 4. The molecule has 6 heteroatoms. The van der Waals surface area contributed by atoms with E-state index in [0.717, 1.165) is 39.6 Å². The molecular weight excluding hydrogens is 460 g/mol. The number of anilines is 2.